The first-order chi connectivity index (χ1) is 19.7. The molecule has 0 unspecified atom stereocenters. The Morgan fingerprint density at radius 1 is 0.475 bits per heavy atom. The highest BCUT2D eigenvalue weighted by atomic mass is 16.5. The average molecular weight is 534 g/mol. The van der Waals surface area contributed by atoms with Crippen molar-refractivity contribution in [2.45, 2.75) is 65.2 Å². The monoisotopic (exact) mass is 533 g/mol. The smallest absolute Gasteiger partial charge is 0.119 e. The van der Waals surface area contributed by atoms with Crippen LogP contribution in [0.1, 0.15) is 65.2 Å². The van der Waals surface area contributed by atoms with E-state index < -0.39 is 0 Å². The lowest BCUT2D eigenvalue weighted by Crippen LogP contribution is -1.97. The molecule has 3 heteroatoms. The second-order valence-corrected chi connectivity index (χ2v) is 10.9. The van der Waals surface area contributed by atoms with Crippen molar-refractivity contribution >= 4 is 21.8 Å². The third kappa shape index (κ3) is 6.53. The third-order valence-electron chi connectivity index (χ3n) is 7.92. The van der Waals surface area contributed by atoms with E-state index in [0.717, 1.165) is 37.6 Å². The van der Waals surface area contributed by atoms with Crippen LogP contribution >= 0.6 is 0 Å². The predicted octanol–water partition coefficient (Wildman–Crippen LogP) is 10.6. The van der Waals surface area contributed by atoms with Crippen LogP contribution in [0.25, 0.3) is 44.1 Å². The van der Waals surface area contributed by atoms with Crippen molar-refractivity contribution in [2.75, 3.05) is 13.2 Å². The summed E-state index contributed by atoms with van der Waals surface area (Å²) in [5.74, 6) is 1.90. The summed E-state index contributed by atoms with van der Waals surface area (Å²) in [4.78, 5) is 0. The molecule has 1 aromatic heterocycles. The maximum Gasteiger partial charge on any atom is 0.119 e. The fourth-order valence-corrected chi connectivity index (χ4v) is 5.49. The van der Waals surface area contributed by atoms with Gasteiger partial charge in [0.2, 0.25) is 0 Å². The summed E-state index contributed by atoms with van der Waals surface area (Å²) in [6.45, 7) is 6.05. The maximum atomic E-state index is 5.95. The van der Waals surface area contributed by atoms with E-state index in [4.69, 9.17) is 9.47 Å². The molecule has 0 atom stereocenters. The first kappa shape index (κ1) is 27.8. The van der Waals surface area contributed by atoms with Crippen molar-refractivity contribution in [3.63, 3.8) is 0 Å². The Morgan fingerprint density at radius 2 is 0.875 bits per heavy atom. The van der Waals surface area contributed by atoms with Gasteiger partial charge in [-0.3, -0.25) is 0 Å². The van der Waals surface area contributed by atoms with Crippen molar-refractivity contribution < 1.29 is 9.47 Å². The summed E-state index contributed by atoms with van der Waals surface area (Å²) < 4.78 is 14.2. The molecule has 0 saturated heterocycles. The van der Waals surface area contributed by atoms with Crippen LogP contribution in [0.2, 0.25) is 0 Å². The summed E-state index contributed by atoms with van der Waals surface area (Å²) in [5, 5.41) is 2.57. The highest BCUT2D eigenvalue weighted by Gasteiger charge is 2.11. The molecule has 4 aromatic carbocycles. The Morgan fingerprint density at radius 3 is 1.27 bits per heavy atom. The molecular weight excluding hydrogens is 490 g/mol. The summed E-state index contributed by atoms with van der Waals surface area (Å²) >= 11 is 0. The van der Waals surface area contributed by atoms with Gasteiger partial charge in [-0.2, -0.15) is 0 Å². The van der Waals surface area contributed by atoms with E-state index in [2.05, 4.69) is 110 Å². The zero-order valence-corrected chi connectivity index (χ0v) is 24.4. The predicted molar refractivity (Wildman–Crippen MR) is 171 cm³/mol. The second kappa shape index (κ2) is 13.6. The Hall–Kier alpha value is -3.72. The molecule has 0 N–H and O–H groups in total. The number of hydrogen-bond donors (Lipinski definition) is 0. The van der Waals surface area contributed by atoms with Gasteiger partial charge in [-0.15, -0.1) is 0 Å². The largest absolute Gasteiger partial charge is 0.494 e. The Bertz CT molecular complexity index is 1400. The number of aryl methyl sites for hydroxylation is 1. The van der Waals surface area contributed by atoms with Crippen LogP contribution < -0.4 is 9.47 Å². The molecule has 0 aliphatic rings. The number of fused-ring (bicyclic) bond motifs is 3. The van der Waals surface area contributed by atoms with Crippen molar-refractivity contribution in [2.24, 2.45) is 7.05 Å². The molecular formula is C37H43NO2. The summed E-state index contributed by atoms with van der Waals surface area (Å²) in [7, 11) is 2.17. The number of hydrogen-bond acceptors (Lipinski definition) is 2. The van der Waals surface area contributed by atoms with E-state index in [1.54, 1.807) is 0 Å². The number of benzene rings is 4. The maximum absolute atomic E-state index is 5.95. The van der Waals surface area contributed by atoms with Crippen molar-refractivity contribution in [1.29, 1.82) is 0 Å². The molecule has 0 spiro atoms. The van der Waals surface area contributed by atoms with E-state index in [9.17, 15) is 0 Å². The van der Waals surface area contributed by atoms with Gasteiger partial charge in [0.1, 0.15) is 11.5 Å². The van der Waals surface area contributed by atoms with E-state index in [1.165, 1.54) is 82.6 Å². The van der Waals surface area contributed by atoms with Gasteiger partial charge in [0.25, 0.3) is 0 Å². The van der Waals surface area contributed by atoms with Crippen LogP contribution in [0.3, 0.4) is 0 Å². The minimum Gasteiger partial charge on any atom is -0.494 e. The molecule has 5 rings (SSSR count). The molecule has 0 amide bonds. The van der Waals surface area contributed by atoms with E-state index in [1.807, 2.05) is 0 Å². The lowest BCUT2D eigenvalue weighted by atomic mass is 10.0. The van der Waals surface area contributed by atoms with E-state index in [0.29, 0.717) is 0 Å². The summed E-state index contributed by atoms with van der Waals surface area (Å²) in [6.07, 6.45) is 9.77. The van der Waals surface area contributed by atoms with Crippen molar-refractivity contribution in [1.82, 2.24) is 4.57 Å². The zero-order chi connectivity index (χ0) is 27.7. The van der Waals surface area contributed by atoms with Crippen molar-refractivity contribution in [3.8, 4) is 33.8 Å². The number of unbranched alkanes of at least 4 members (excludes halogenated alkanes) is 6. The standard InChI is InChI=1S/C37H43NO2/c1-4-6-8-10-24-39-32-18-12-28(13-19-32)30-16-22-34-35-23-17-31(27-37(35)38(3)36(34)26-30)29-14-20-33(21-15-29)40-25-11-9-7-5-2/h12-23,26-27H,4-11,24-25H2,1-3H3. The van der Waals surface area contributed by atoms with Gasteiger partial charge >= 0.3 is 0 Å². The number of ether oxygens (including phenoxy) is 2. The molecule has 0 fully saturated rings. The molecule has 0 saturated carbocycles. The van der Waals surface area contributed by atoms with Gasteiger partial charge < -0.3 is 14.0 Å². The fraction of sp³-hybridized carbons (Fsp3) is 0.351. The minimum absolute atomic E-state index is 0.792. The molecule has 208 valence electrons. The minimum atomic E-state index is 0.792. The molecule has 0 radical (unpaired) electrons. The van der Waals surface area contributed by atoms with Crippen LogP contribution in [0.15, 0.2) is 84.9 Å². The van der Waals surface area contributed by atoms with Crippen LogP contribution in [0.4, 0.5) is 0 Å². The lowest BCUT2D eigenvalue weighted by molar-refractivity contribution is 0.305. The molecule has 1 heterocycles. The Labute approximate surface area is 239 Å². The van der Waals surface area contributed by atoms with E-state index in [-0.39, 0.29) is 0 Å². The summed E-state index contributed by atoms with van der Waals surface area (Å²) in [6, 6.07) is 30.7. The number of rotatable bonds is 14. The molecule has 40 heavy (non-hydrogen) atoms. The topological polar surface area (TPSA) is 23.4 Å². The number of nitrogens with zero attached hydrogens (tertiary/aromatic N) is 1. The first-order valence-electron chi connectivity index (χ1n) is 15.2. The van der Waals surface area contributed by atoms with Crippen LogP contribution in [0, 0.1) is 0 Å². The molecule has 3 nitrogen and oxygen atoms in total. The Balaban J connectivity index is 1.31. The summed E-state index contributed by atoms with van der Waals surface area (Å²) in [5.41, 5.74) is 7.34. The highest BCUT2D eigenvalue weighted by molar-refractivity contribution is 6.09. The highest BCUT2D eigenvalue weighted by Crippen LogP contribution is 2.35. The molecule has 0 bridgehead atoms. The van der Waals surface area contributed by atoms with Gasteiger partial charge in [0.15, 0.2) is 0 Å². The SMILES string of the molecule is CCCCCCOc1ccc(-c2ccc3c4ccc(-c5ccc(OCCCCCC)cc5)cc4n(C)c3c2)cc1. The molecule has 0 aliphatic heterocycles. The van der Waals surface area contributed by atoms with Gasteiger partial charge in [-0.05, 0) is 71.5 Å². The normalized spacial score (nSPS) is 11.4. The van der Waals surface area contributed by atoms with E-state index >= 15 is 0 Å². The van der Waals surface area contributed by atoms with Gasteiger partial charge in [0, 0.05) is 28.9 Å². The van der Waals surface area contributed by atoms with Crippen molar-refractivity contribution in [3.05, 3.63) is 84.9 Å². The zero-order valence-electron chi connectivity index (χ0n) is 24.4. The molecule has 0 aliphatic carbocycles. The van der Waals surface area contributed by atoms with Gasteiger partial charge in [-0.25, -0.2) is 0 Å². The second-order valence-electron chi connectivity index (χ2n) is 10.9. The fourth-order valence-electron chi connectivity index (χ4n) is 5.49. The van der Waals surface area contributed by atoms with Crippen LogP contribution in [-0.4, -0.2) is 17.8 Å². The quantitative estimate of drug-likeness (QED) is 0.133. The van der Waals surface area contributed by atoms with Crippen LogP contribution in [-0.2, 0) is 7.05 Å². The van der Waals surface area contributed by atoms with Gasteiger partial charge in [0.05, 0.1) is 13.2 Å². The molecule has 5 aromatic rings. The Kier molecular flexibility index (Phi) is 9.44. The van der Waals surface area contributed by atoms with Crippen LogP contribution in [0.5, 0.6) is 11.5 Å². The average Bonchev–Trinajstić information content (AvgIpc) is 3.28. The third-order valence-corrected chi connectivity index (χ3v) is 7.92. The first-order valence-corrected chi connectivity index (χ1v) is 15.2. The van der Waals surface area contributed by atoms with Gasteiger partial charge in [-0.1, -0.05) is 101 Å². The lowest BCUT2D eigenvalue weighted by Gasteiger charge is -2.08. The number of aromatic nitrogens is 1.